The number of carbonyl (C=O) groups is 1. The molecule has 104 valence electrons. The first-order valence-electron chi connectivity index (χ1n) is 6.19. The number of hydrogen-bond donors (Lipinski definition) is 2. The fourth-order valence-corrected chi connectivity index (χ4v) is 2.61. The molecule has 0 atom stereocenters. The van der Waals surface area contributed by atoms with E-state index in [4.69, 9.17) is 0 Å². The zero-order chi connectivity index (χ0) is 14.7. The van der Waals surface area contributed by atoms with Gasteiger partial charge in [-0.05, 0) is 41.6 Å². The van der Waals surface area contributed by atoms with Gasteiger partial charge in [0.05, 0.1) is 10.6 Å². The Morgan fingerprint density at radius 2 is 2.19 bits per heavy atom. The minimum Gasteiger partial charge on any atom is -0.508 e. The number of hydrogen-bond acceptors (Lipinski definition) is 5. The summed E-state index contributed by atoms with van der Waals surface area (Å²) < 4.78 is 0. The molecule has 0 bridgehead atoms. The van der Waals surface area contributed by atoms with Gasteiger partial charge in [0.25, 0.3) is 5.91 Å². The van der Waals surface area contributed by atoms with Crippen molar-refractivity contribution in [2.45, 2.75) is 0 Å². The molecular weight excluding hydrogens is 286 g/mol. The molecule has 0 unspecified atom stereocenters. The van der Waals surface area contributed by atoms with Gasteiger partial charge in [-0.2, -0.15) is 0 Å². The molecule has 0 radical (unpaired) electrons. The highest BCUT2D eigenvalue weighted by Gasteiger charge is 2.23. The van der Waals surface area contributed by atoms with Crippen LogP contribution in [0.1, 0.15) is 5.56 Å². The highest BCUT2D eigenvalue weighted by molar-refractivity contribution is 8.18. The Hall–Kier alpha value is -2.60. The smallest absolute Gasteiger partial charge is 0.264 e. The van der Waals surface area contributed by atoms with Gasteiger partial charge in [-0.3, -0.25) is 9.78 Å². The SMILES string of the molecule is O=C1NC(=Nc2cccc(O)c2)S/C1=C/c1cccnc1. The number of amides is 1. The third-order valence-corrected chi connectivity index (χ3v) is 3.60. The van der Waals surface area contributed by atoms with Crippen LogP contribution in [0.3, 0.4) is 0 Å². The van der Waals surface area contributed by atoms with Gasteiger partial charge in [0.2, 0.25) is 0 Å². The Morgan fingerprint density at radius 1 is 1.29 bits per heavy atom. The van der Waals surface area contributed by atoms with Crippen LogP contribution in [-0.4, -0.2) is 21.2 Å². The monoisotopic (exact) mass is 297 g/mol. The first-order chi connectivity index (χ1) is 10.2. The van der Waals surface area contributed by atoms with E-state index < -0.39 is 0 Å². The first kappa shape index (κ1) is 13.4. The number of amidine groups is 1. The molecule has 1 aromatic heterocycles. The molecule has 1 saturated heterocycles. The van der Waals surface area contributed by atoms with Crippen molar-refractivity contribution in [3.63, 3.8) is 0 Å². The average Bonchev–Trinajstić information content (AvgIpc) is 2.80. The Labute approximate surface area is 125 Å². The quantitative estimate of drug-likeness (QED) is 0.836. The Bertz CT molecular complexity index is 742. The van der Waals surface area contributed by atoms with Gasteiger partial charge in [0.1, 0.15) is 5.75 Å². The normalized spacial score (nSPS) is 18.2. The fourth-order valence-electron chi connectivity index (χ4n) is 1.77. The summed E-state index contributed by atoms with van der Waals surface area (Å²) in [6, 6.07) is 10.2. The molecule has 6 heteroatoms. The van der Waals surface area contributed by atoms with E-state index in [0.717, 1.165) is 5.56 Å². The lowest BCUT2D eigenvalue weighted by Gasteiger charge is -1.96. The number of carbonyl (C=O) groups excluding carboxylic acids is 1. The molecule has 2 heterocycles. The van der Waals surface area contributed by atoms with Crippen LogP contribution in [0.25, 0.3) is 6.08 Å². The molecule has 3 rings (SSSR count). The molecule has 1 fully saturated rings. The number of phenolic OH excluding ortho intramolecular Hbond substituents is 1. The Morgan fingerprint density at radius 3 is 2.95 bits per heavy atom. The summed E-state index contributed by atoms with van der Waals surface area (Å²) in [4.78, 5) is 20.7. The van der Waals surface area contributed by atoms with E-state index in [2.05, 4.69) is 15.3 Å². The molecule has 1 aliphatic rings. The zero-order valence-corrected chi connectivity index (χ0v) is 11.7. The lowest BCUT2D eigenvalue weighted by atomic mass is 10.2. The van der Waals surface area contributed by atoms with E-state index in [-0.39, 0.29) is 11.7 Å². The summed E-state index contributed by atoms with van der Waals surface area (Å²) >= 11 is 1.26. The predicted molar refractivity (Wildman–Crippen MR) is 83.1 cm³/mol. The first-order valence-corrected chi connectivity index (χ1v) is 7.01. The minimum atomic E-state index is -0.192. The highest BCUT2D eigenvalue weighted by Crippen LogP contribution is 2.28. The summed E-state index contributed by atoms with van der Waals surface area (Å²) in [5.41, 5.74) is 1.44. The number of rotatable bonds is 2. The molecule has 2 N–H and O–H groups in total. The number of aliphatic imine (C=N–C) groups is 1. The number of aromatic hydroxyl groups is 1. The van der Waals surface area contributed by atoms with Gasteiger partial charge in [-0.25, -0.2) is 4.99 Å². The topological polar surface area (TPSA) is 74.6 Å². The molecule has 2 aromatic rings. The minimum absolute atomic E-state index is 0.136. The van der Waals surface area contributed by atoms with Gasteiger partial charge in [-0.1, -0.05) is 12.1 Å². The lowest BCUT2D eigenvalue weighted by molar-refractivity contribution is -0.115. The van der Waals surface area contributed by atoms with Crippen LogP contribution in [0.5, 0.6) is 5.75 Å². The Kier molecular flexibility index (Phi) is 3.70. The maximum Gasteiger partial charge on any atom is 0.264 e. The van der Waals surface area contributed by atoms with E-state index in [1.807, 2.05) is 12.1 Å². The van der Waals surface area contributed by atoms with Gasteiger partial charge >= 0.3 is 0 Å². The maximum absolute atomic E-state index is 11.9. The van der Waals surface area contributed by atoms with Crippen LogP contribution in [0.4, 0.5) is 5.69 Å². The van der Waals surface area contributed by atoms with Crippen molar-refractivity contribution in [1.29, 1.82) is 0 Å². The van der Waals surface area contributed by atoms with Crippen molar-refractivity contribution in [2.24, 2.45) is 4.99 Å². The molecule has 1 amide bonds. The van der Waals surface area contributed by atoms with E-state index in [1.165, 1.54) is 17.8 Å². The fraction of sp³-hybridized carbons (Fsp3) is 0. The molecule has 21 heavy (non-hydrogen) atoms. The van der Waals surface area contributed by atoms with E-state index in [0.29, 0.717) is 15.8 Å². The lowest BCUT2D eigenvalue weighted by Crippen LogP contribution is -2.19. The van der Waals surface area contributed by atoms with Crippen molar-refractivity contribution < 1.29 is 9.90 Å². The summed E-state index contributed by atoms with van der Waals surface area (Å²) in [7, 11) is 0. The number of phenols is 1. The molecule has 0 aliphatic carbocycles. The van der Waals surface area contributed by atoms with E-state index >= 15 is 0 Å². The van der Waals surface area contributed by atoms with Gasteiger partial charge < -0.3 is 10.4 Å². The molecular formula is C15H11N3O2S. The van der Waals surface area contributed by atoms with Crippen molar-refractivity contribution in [2.75, 3.05) is 0 Å². The highest BCUT2D eigenvalue weighted by atomic mass is 32.2. The van der Waals surface area contributed by atoms with Gasteiger partial charge in [0.15, 0.2) is 5.17 Å². The number of nitrogens with zero attached hydrogens (tertiary/aromatic N) is 2. The Balaban J connectivity index is 1.83. The third-order valence-electron chi connectivity index (χ3n) is 2.69. The third kappa shape index (κ3) is 3.29. The molecule has 1 aromatic carbocycles. The number of nitrogens with one attached hydrogen (secondary N) is 1. The maximum atomic E-state index is 11.9. The summed E-state index contributed by atoms with van der Waals surface area (Å²) in [6.45, 7) is 0. The molecule has 5 nitrogen and oxygen atoms in total. The summed E-state index contributed by atoms with van der Waals surface area (Å²) in [6.07, 6.45) is 5.13. The van der Waals surface area contributed by atoms with Crippen LogP contribution < -0.4 is 5.32 Å². The second-order valence-corrected chi connectivity index (χ2v) is 5.32. The van der Waals surface area contributed by atoms with Crippen LogP contribution in [0, 0.1) is 0 Å². The number of aromatic nitrogens is 1. The van der Waals surface area contributed by atoms with Gasteiger partial charge in [0, 0.05) is 18.5 Å². The van der Waals surface area contributed by atoms with E-state index in [1.54, 1.807) is 36.7 Å². The van der Waals surface area contributed by atoms with Crippen LogP contribution in [0.2, 0.25) is 0 Å². The number of benzene rings is 1. The van der Waals surface area contributed by atoms with Crippen LogP contribution in [-0.2, 0) is 4.79 Å². The number of pyridine rings is 1. The summed E-state index contributed by atoms with van der Waals surface area (Å²) in [5.74, 6) is -0.0555. The predicted octanol–water partition coefficient (Wildman–Crippen LogP) is 2.68. The van der Waals surface area contributed by atoms with Crippen molar-refractivity contribution in [1.82, 2.24) is 10.3 Å². The van der Waals surface area contributed by atoms with Crippen molar-refractivity contribution in [3.8, 4) is 5.75 Å². The number of thioether (sulfide) groups is 1. The second kappa shape index (κ2) is 5.80. The van der Waals surface area contributed by atoms with Crippen LogP contribution in [0.15, 0.2) is 58.7 Å². The molecule has 1 aliphatic heterocycles. The molecule has 0 saturated carbocycles. The van der Waals surface area contributed by atoms with Crippen molar-refractivity contribution >= 4 is 34.6 Å². The second-order valence-electron chi connectivity index (χ2n) is 4.29. The van der Waals surface area contributed by atoms with Crippen LogP contribution >= 0.6 is 11.8 Å². The van der Waals surface area contributed by atoms with Gasteiger partial charge in [-0.15, -0.1) is 0 Å². The standard InChI is InChI=1S/C15H11N3O2S/c19-12-5-1-4-11(8-12)17-15-18-14(20)13(21-15)7-10-3-2-6-16-9-10/h1-9,19H,(H,17,18,20)/b13-7+. The van der Waals surface area contributed by atoms with E-state index in [9.17, 15) is 9.90 Å². The van der Waals surface area contributed by atoms with Crippen molar-refractivity contribution in [3.05, 3.63) is 59.3 Å². The average molecular weight is 297 g/mol. The molecule has 0 spiro atoms. The summed E-state index contributed by atoms with van der Waals surface area (Å²) in [5, 5.41) is 12.6. The largest absolute Gasteiger partial charge is 0.508 e. The zero-order valence-electron chi connectivity index (χ0n) is 10.9.